The largest absolute Gasteiger partial charge is 0.416 e. The Hall–Kier alpha value is -1.03. The predicted molar refractivity (Wildman–Crippen MR) is 56.1 cm³/mol. The third kappa shape index (κ3) is 3.52. The first-order valence-electron chi connectivity index (χ1n) is 5.13. The lowest BCUT2D eigenvalue weighted by molar-refractivity contribution is -0.137. The van der Waals surface area contributed by atoms with Crippen LogP contribution >= 0.6 is 0 Å². The van der Waals surface area contributed by atoms with Crippen LogP contribution in [0.1, 0.15) is 31.4 Å². The third-order valence-electron chi connectivity index (χ3n) is 2.63. The van der Waals surface area contributed by atoms with Gasteiger partial charge in [-0.2, -0.15) is 13.2 Å². The van der Waals surface area contributed by atoms with Crippen LogP contribution in [0, 0.1) is 0 Å². The molecule has 1 aromatic carbocycles. The third-order valence-corrected chi connectivity index (χ3v) is 2.63. The maximum absolute atomic E-state index is 12.3. The van der Waals surface area contributed by atoms with E-state index in [0.717, 1.165) is 12.1 Å². The minimum atomic E-state index is -4.30. The summed E-state index contributed by atoms with van der Waals surface area (Å²) in [5.41, 5.74) is -0.813. The highest BCUT2D eigenvalue weighted by molar-refractivity contribution is 5.25. The number of alkyl halides is 3. The topological polar surface area (TPSA) is 20.2 Å². The van der Waals surface area contributed by atoms with Crippen molar-refractivity contribution in [2.75, 3.05) is 0 Å². The highest BCUT2D eigenvalue weighted by Gasteiger charge is 2.30. The molecule has 90 valence electrons. The Labute approximate surface area is 92.9 Å². The van der Waals surface area contributed by atoms with Crippen molar-refractivity contribution in [1.29, 1.82) is 0 Å². The van der Waals surface area contributed by atoms with Crippen molar-refractivity contribution in [3.05, 3.63) is 35.4 Å². The van der Waals surface area contributed by atoms with Crippen molar-refractivity contribution in [1.82, 2.24) is 0 Å². The van der Waals surface area contributed by atoms with Crippen LogP contribution in [0.4, 0.5) is 13.2 Å². The van der Waals surface area contributed by atoms with Crippen LogP contribution in [0.2, 0.25) is 0 Å². The summed E-state index contributed by atoms with van der Waals surface area (Å²) in [6, 6.07) is 4.90. The first-order chi connectivity index (χ1) is 7.24. The molecule has 1 nitrogen and oxygen atoms in total. The summed E-state index contributed by atoms with van der Waals surface area (Å²) in [5.74, 6) is 0. The van der Waals surface area contributed by atoms with E-state index in [9.17, 15) is 18.3 Å². The summed E-state index contributed by atoms with van der Waals surface area (Å²) in [6.45, 7) is 3.51. The van der Waals surface area contributed by atoms with Crippen molar-refractivity contribution >= 4 is 0 Å². The summed E-state index contributed by atoms with van der Waals surface area (Å²) in [7, 11) is 0. The van der Waals surface area contributed by atoms with Crippen molar-refractivity contribution in [3.8, 4) is 0 Å². The van der Waals surface area contributed by atoms with Crippen LogP contribution in [0.15, 0.2) is 24.3 Å². The molecule has 0 saturated carbocycles. The molecule has 0 spiro atoms. The lowest BCUT2D eigenvalue weighted by atomic mass is 9.93. The van der Waals surface area contributed by atoms with Crippen molar-refractivity contribution in [2.45, 2.75) is 38.5 Å². The molecule has 16 heavy (non-hydrogen) atoms. The Bertz CT molecular complexity index is 338. The molecule has 0 aliphatic heterocycles. The second-order valence-corrected chi connectivity index (χ2v) is 4.22. The molecule has 0 heterocycles. The fraction of sp³-hybridized carbons (Fsp3) is 0.500. The van der Waals surface area contributed by atoms with Crippen molar-refractivity contribution < 1.29 is 18.3 Å². The molecular weight excluding hydrogens is 217 g/mol. The van der Waals surface area contributed by atoms with Crippen LogP contribution in [-0.2, 0) is 12.6 Å². The fourth-order valence-electron chi connectivity index (χ4n) is 1.38. The maximum Gasteiger partial charge on any atom is 0.416 e. The van der Waals surface area contributed by atoms with Gasteiger partial charge in [0.2, 0.25) is 0 Å². The van der Waals surface area contributed by atoms with Crippen molar-refractivity contribution in [2.24, 2.45) is 0 Å². The van der Waals surface area contributed by atoms with Crippen molar-refractivity contribution in [3.63, 3.8) is 0 Å². The first kappa shape index (κ1) is 13.0. The summed E-state index contributed by atoms with van der Waals surface area (Å²) in [4.78, 5) is 0. The molecule has 0 aliphatic rings. The molecule has 0 radical (unpaired) electrons. The molecule has 4 heteroatoms. The monoisotopic (exact) mass is 232 g/mol. The summed E-state index contributed by atoms with van der Waals surface area (Å²) < 4.78 is 36.8. The molecule has 0 bridgehead atoms. The van der Waals surface area contributed by atoms with Crippen LogP contribution < -0.4 is 0 Å². The van der Waals surface area contributed by atoms with Gasteiger partial charge in [0.25, 0.3) is 0 Å². The smallest absolute Gasteiger partial charge is 0.390 e. The first-order valence-corrected chi connectivity index (χ1v) is 5.13. The van der Waals surface area contributed by atoms with Crippen LogP contribution in [-0.4, -0.2) is 10.7 Å². The van der Waals surface area contributed by atoms with Crippen LogP contribution in [0.3, 0.4) is 0 Å². The number of rotatable bonds is 3. The van der Waals surface area contributed by atoms with Gasteiger partial charge in [0.1, 0.15) is 0 Å². The molecule has 0 aliphatic carbocycles. The van der Waals surface area contributed by atoms with Gasteiger partial charge in [-0.25, -0.2) is 0 Å². The van der Waals surface area contributed by atoms with Gasteiger partial charge in [-0.3, -0.25) is 0 Å². The summed E-state index contributed by atoms with van der Waals surface area (Å²) in [6.07, 6.45) is -3.37. The molecule has 0 fully saturated rings. The molecule has 0 amide bonds. The molecule has 1 N–H and O–H groups in total. The second kappa shape index (κ2) is 4.45. The van der Waals surface area contributed by atoms with E-state index in [1.54, 1.807) is 6.92 Å². The summed E-state index contributed by atoms with van der Waals surface area (Å²) >= 11 is 0. The number of benzene rings is 1. The highest BCUT2D eigenvalue weighted by Crippen LogP contribution is 2.29. The van der Waals surface area contributed by atoms with E-state index in [1.165, 1.54) is 12.1 Å². The maximum atomic E-state index is 12.3. The van der Waals surface area contributed by atoms with Gasteiger partial charge in [0.05, 0.1) is 11.2 Å². The molecule has 1 unspecified atom stereocenters. The average Bonchev–Trinajstić information content (AvgIpc) is 2.16. The number of hydrogen-bond acceptors (Lipinski definition) is 1. The lowest BCUT2D eigenvalue weighted by Gasteiger charge is -2.21. The fourth-order valence-corrected chi connectivity index (χ4v) is 1.38. The summed E-state index contributed by atoms with van der Waals surface area (Å²) in [5, 5.41) is 9.78. The van der Waals surface area contributed by atoms with Gasteiger partial charge in [0, 0.05) is 6.42 Å². The quantitative estimate of drug-likeness (QED) is 0.846. The van der Waals surface area contributed by atoms with Gasteiger partial charge in [-0.1, -0.05) is 19.1 Å². The van der Waals surface area contributed by atoms with Gasteiger partial charge >= 0.3 is 6.18 Å². The molecule has 1 atom stereocenters. The van der Waals surface area contributed by atoms with Gasteiger partial charge in [-0.05, 0) is 31.0 Å². The standard InChI is InChI=1S/C12H15F3O/c1-3-11(2,16)8-9-4-6-10(7-5-9)12(13,14)15/h4-7,16H,3,8H2,1-2H3. The van der Waals surface area contributed by atoms with E-state index in [0.29, 0.717) is 18.4 Å². The SMILES string of the molecule is CCC(C)(O)Cc1ccc(C(F)(F)F)cc1. The van der Waals surface area contributed by atoms with E-state index in [4.69, 9.17) is 0 Å². The Balaban J connectivity index is 2.80. The normalized spacial score (nSPS) is 15.9. The minimum absolute atomic E-state index is 0.363. The van der Waals surface area contributed by atoms with E-state index in [-0.39, 0.29) is 0 Å². The lowest BCUT2D eigenvalue weighted by Crippen LogP contribution is -2.25. The number of halogens is 3. The Morgan fingerprint density at radius 3 is 2.00 bits per heavy atom. The predicted octanol–water partition coefficient (Wildman–Crippen LogP) is 3.41. The van der Waals surface area contributed by atoms with Crippen LogP contribution in [0.5, 0.6) is 0 Å². The Morgan fingerprint density at radius 1 is 1.12 bits per heavy atom. The van der Waals surface area contributed by atoms with E-state index in [1.807, 2.05) is 6.92 Å². The highest BCUT2D eigenvalue weighted by atomic mass is 19.4. The number of aliphatic hydroxyl groups is 1. The van der Waals surface area contributed by atoms with E-state index >= 15 is 0 Å². The zero-order valence-corrected chi connectivity index (χ0v) is 9.30. The van der Waals surface area contributed by atoms with Gasteiger partial charge in [0.15, 0.2) is 0 Å². The van der Waals surface area contributed by atoms with E-state index < -0.39 is 17.3 Å². The Morgan fingerprint density at radius 2 is 1.62 bits per heavy atom. The van der Waals surface area contributed by atoms with Gasteiger partial charge in [-0.15, -0.1) is 0 Å². The van der Waals surface area contributed by atoms with Gasteiger partial charge < -0.3 is 5.11 Å². The second-order valence-electron chi connectivity index (χ2n) is 4.22. The molecule has 0 saturated heterocycles. The van der Waals surface area contributed by atoms with Crippen LogP contribution in [0.25, 0.3) is 0 Å². The average molecular weight is 232 g/mol. The molecule has 1 aromatic rings. The van der Waals surface area contributed by atoms with E-state index in [2.05, 4.69) is 0 Å². The Kier molecular flexibility index (Phi) is 3.63. The minimum Gasteiger partial charge on any atom is -0.390 e. The molecule has 0 aromatic heterocycles. The molecular formula is C12H15F3O. The number of hydrogen-bond donors (Lipinski definition) is 1. The molecule has 1 rings (SSSR count). The zero-order chi connectivity index (χ0) is 12.4. The zero-order valence-electron chi connectivity index (χ0n) is 9.30.